The van der Waals surface area contributed by atoms with E-state index in [2.05, 4.69) is 25.8 Å². The fraction of sp³-hybridized carbons (Fsp3) is 0.688. The lowest BCUT2D eigenvalue weighted by Gasteiger charge is -2.31. The summed E-state index contributed by atoms with van der Waals surface area (Å²) in [6.07, 6.45) is 6.69. The molecule has 0 aromatic carbocycles. The Morgan fingerprint density at radius 1 is 1.26 bits per heavy atom. The average Bonchev–Trinajstić information content (AvgIpc) is 2.37. The van der Waals surface area contributed by atoms with Gasteiger partial charge in [0.2, 0.25) is 0 Å². The van der Waals surface area contributed by atoms with Gasteiger partial charge in [0.1, 0.15) is 5.75 Å². The standard InChI is InChI=1S/C16H26N2O/c1-4-15(17)16-6-5-13(10-18-16)19-14-8-11(2)7-12(3)9-14/h5-6,10-12,14-15H,4,7-9,17H2,1-3H3/t11?,12?,14?,15-/m1/s1. The van der Waals surface area contributed by atoms with E-state index in [4.69, 9.17) is 10.5 Å². The molecule has 3 atom stereocenters. The van der Waals surface area contributed by atoms with Gasteiger partial charge >= 0.3 is 0 Å². The molecular weight excluding hydrogens is 236 g/mol. The molecule has 2 N–H and O–H groups in total. The SMILES string of the molecule is CC[C@@H](N)c1ccc(OC2CC(C)CC(C)C2)cn1. The Bertz CT molecular complexity index is 380. The number of rotatable bonds is 4. The molecule has 1 fully saturated rings. The molecule has 3 heteroatoms. The van der Waals surface area contributed by atoms with Gasteiger partial charge in [-0.3, -0.25) is 4.98 Å². The highest BCUT2D eigenvalue weighted by Gasteiger charge is 2.25. The van der Waals surface area contributed by atoms with Gasteiger partial charge in [-0.05, 0) is 49.7 Å². The number of hydrogen-bond donors (Lipinski definition) is 1. The molecular formula is C16H26N2O. The van der Waals surface area contributed by atoms with Crippen LogP contribution in [0.1, 0.15) is 58.2 Å². The quantitative estimate of drug-likeness (QED) is 0.900. The van der Waals surface area contributed by atoms with Crippen LogP contribution in [-0.4, -0.2) is 11.1 Å². The van der Waals surface area contributed by atoms with Gasteiger partial charge in [0.05, 0.1) is 18.0 Å². The second-order valence-corrected chi connectivity index (χ2v) is 6.09. The summed E-state index contributed by atoms with van der Waals surface area (Å²) in [6.45, 7) is 6.70. The first-order valence-electron chi connectivity index (χ1n) is 7.46. The third kappa shape index (κ3) is 3.93. The number of aromatic nitrogens is 1. The molecule has 0 bridgehead atoms. The second kappa shape index (κ2) is 6.38. The molecule has 0 amide bonds. The van der Waals surface area contributed by atoms with Crippen molar-refractivity contribution in [2.45, 2.75) is 58.6 Å². The van der Waals surface area contributed by atoms with E-state index >= 15 is 0 Å². The van der Waals surface area contributed by atoms with Gasteiger partial charge in [-0.25, -0.2) is 0 Å². The van der Waals surface area contributed by atoms with Crippen molar-refractivity contribution in [2.75, 3.05) is 0 Å². The van der Waals surface area contributed by atoms with E-state index in [1.54, 1.807) is 0 Å². The molecule has 19 heavy (non-hydrogen) atoms. The lowest BCUT2D eigenvalue weighted by molar-refractivity contribution is 0.101. The number of hydrogen-bond acceptors (Lipinski definition) is 3. The summed E-state index contributed by atoms with van der Waals surface area (Å²) in [5, 5.41) is 0. The summed E-state index contributed by atoms with van der Waals surface area (Å²) in [5.74, 6) is 2.39. The summed E-state index contributed by atoms with van der Waals surface area (Å²) >= 11 is 0. The van der Waals surface area contributed by atoms with Gasteiger partial charge < -0.3 is 10.5 Å². The molecule has 1 aliphatic carbocycles. The minimum Gasteiger partial charge on any atom is -0.489 e. The molecule has 2 unspecified atom stereocenters. The Hall–Kier alpha value is -1.09. The molecule has 2 rings (SSSR count). The topological polar surface area (TPSA) is 48.1 Å². The zero-order chi connectivity index (χ0) is 13.8. The highest BCUT2D eigenvalue weighted by atomic mass is 16.5. The summed E-state index contributed by atoms with van der Waals surface area (Å²) in [7, 11) is 0. The van der Waals surface area contributed by atoms with Crippen molar-refractivity contribution in [2.24, 2.45) is 17.6 Å². The Labute approximate surface area is 116 Å². The zero-order valence-electron chi connectivity index (χ0n) is 12.3. The van der Waals surface area contributed by atoms with Gasteiger partial charge in [-0.15, -0.1) is 0 Å². The van der Waals surface area contributed by atoms with Crippen LogP contribution in [0.2, 0.25) is 0 Å². The van der Waals surface area contributed by atoms with Crippen molar-refractivity contribution in [1.82, 2.24) is 4.98 Å². The Kier molecular flexibility index (Phi) is 4.81. The molecule has 1 aromatic rings. The maximum atomic E-state index is 6.06. The zero-order valence-corrected chi connectivity index (χ0v) is 12.3. The van der Waals surface area contributed by atoms with Crippen molar-refractivity contribution in [3.8, 4) is 5.75 Å². The maximum absolute atomic E-state index is 6.06. The van der Waals surface area contributed by atoms with Gasteiger partial charge in [-0.1, -0.05) is 20.8 Å². The molecule has 1 aromatic heterocycles. The smallest absolute Gasteiger partial charge is 0.138 e. The van der Waals surface area contributed by atoms with Crippen molar-refractivity contribution in [3.63, 3.8) is 0 Å². The van der Waals surface area contributed by atoms with Gasteiger partial charge in [0.15, 0.2) is 0 Å². The van der Waals surface area contributed by atoms with Gasteiger partial charge in [-0.2, -0.15) is 0 Å². The summed E-state index contributed by atoms with van der Waals surface area (Å²) < 4.78 is 6.06. The first kappa shape index (κ1) is 14.3. The summed E-state index contributed by atoms with van der Waals surface area (Å²) in [6, 6.07) is 4.02. The monoisotopic (exact) mass is 262 g/mol. The minimum atomic E-state index is 0.0313. The summed E-state index contributed by atoms with van der Waals surface area (Å²) in [4.78, 5) is 4.40. The lowest BCUT2D eigenvalue weighted by Crippen LogP contribution is -2.28. The van der Waals surface area contributed by atoms with Crippen LogP contribution >= 0.6 is 0 Å². The van der Waals surface area contributed by atoms with E-state index in [9.17, 15) is 0 Å². The third-order valence-electron chi connectivity index (χ3n) is 4.02. The maximum Gasteiger partial charge on any atom is 0.138 e. The van der Waals surface area contributed by atoms with Crippen LogP contribution in [0, 0.1) is 11.8 Å². The molecule has 3 nitrogen and oxygen atoms in total. The van der Waals surface area contributed by atoms with E-state index in [1.165, 1.54) is 6.42 Å². The van der Waals surface area contributed by atoms with E-state index in [0.717, 1.165) is 42.5 Å². The van der Waals surface area contributed by atoms with Crippen molar-refractivity contribution in [1.29, 1.82) is 0 Å². The van der Waals surface area contributed by atoms with E-state index < -0.39 is 0 Å². The summed E-state index contributed by atoms with van der Waals surface area (Å²) in [5.41, 5.74) is 6.91. The Balaban J connectivity index is 1.95. The lowest BCUT2D eigenvalue weighted by atomic mass is 9.82. The molecule has 1 saturated carbocycles. The highest BCUT2D eigenvalue weighted by Crippen LogP contribution is 2.31. The van der Waals surface area contributed by atoms with E-state index in [-0.39, 0.29) is 6.04 Å². The predicted molar refractivity (Wildman–Crippen MR) is 78.1 cm³/mol. The molecule has 106 valence electrons. The molecule has 0 radical (unpaired) electrons. The second-order valence-electron chi connectivity index (χ2n) is 6.09. The fourth-order valence-corrected chi connectivity index (χ4v) is 3.05. The largest absolute Gasteiger partial charge is 0.489 e. The van der Waals surface area contributed by atoms with Crippen LogP contribution in [0.25, 0.3) is 0 Å². The van der Waals surface area contributed by atoms with Crippen molar-refractivity contribution >= 4 is 0 Å². The Morgan fingerprint density at radius 3 is 2.47 bits per heavy atom. The fourth-order valence-electron chi connectivity index (χ4n) is 3.05. The molecule has 1 aliphatic rings. The van der Waals surface area contributed by atoms with Crippen LogP contribution in [0.3, 0.4) is 0 Å². The number of nitrogens with two attached hydrogens (primary N) is 1. The first-order valence-corrected chi connectivity index (χ1v) is 7.46. The molecule has 1 heterocycles. The van der Waals surface area contributed by atoms with Crippen molar-refractivity contribution < 1.29 is 4.74 Å². The number of ether oxygens (including phenoxy) is 1. The van der Waals surface area contributed by atoms with Crippen LogP contribution in [0.4, 0.5) is 0 Å². The highest BCUT2D eigenvalue weighted by molar-refractivity contribution is 5.21. The van der Waals surface area contributed by atoms with E-state index in [1.807, 2.05) is 18.3 Å². The minimum absolute atomic E-state index is 0.0313. The molecule has 0 aliphatic heterocycles. The first-order chi connectivity index (χ1) is 9.08. The number of pyridine rings is 1. The van der Waals surface area contributed by atoms with Crippen LogP contribution in [0.5, 0.6) is 5.75 Å². The van der Waals surface area contributed by atoms with Gasteiger partial charge in [0.25, 0.3) is 0 Å². The average molecular weight is 262 g/mol. The molecule has 0 saturated heterocycles. The molecule has 0 spiro atoms. The third-order valence-corrected chi connectivity index (χ3v) is 4.02. The van der Waals surface area contributed by atoms with E-state index in [0.29, 0.717) is 6.10 Å². The van der Waals surface area contributed by atoms with Gasteiger partial charge in [0, 0.05) is 6.04 Å². The Morgan fingerprint density at radius 2 is 1.95 bits per heavy atom. The number of nitrogens with zero attached hydrogens (tertiary/aromatic N) is 1. The van der Waals surface area contributed by atoms with Crippen LogP contribution < -0.4 is 10.5 Å². The normalized spacial score (nSPS) is 28.9. The van der Waals surface area contributed by atoms with Crippen molar-refractivity contribution in [3.05, 3.63) is 24.0 Å². The van der Waals surface area contributed by atoms with Crippen LogP contribution in [0.15, 0.2) is 18.3 Å². The van der Waals surface area contributed by atoms with Crippen LogP contribution in [-0.2, 0) is 0 Å². The predicted octanol–water partition coefficient (Wildman–Crippen LogP) is 3.69.